The molecule has 0 bridgehead atoms. The Morgan fingerprint density at radius 1 is 0.923 bits per heavy atom. The smallest absolute Gasteiger partial charge is 0.0890 e. The number of aryl methyl sites for hydroxylation is 1. The molecule has 2 aromatic carbocycles. The van der Waals surface area contributed by atoms with Crippen molar-refractivity contribution < 1.29 is 0 Å². The first-order chi connectivity index (χ1) is 6.20. The molecule has 0 nitrogen and oxygen atoms in total. The molecule has 2 rings (SSSR count). The molecule has 13 heavy (non-hydrogen) atoms. The van der Waals surface area contributed by atoms with E-state index in [9.17, 15) is 0 Å². The summed E-state index contributed by atoms with van der Waals surface area (Å²) in [5.41, 5.74) is 2.70. The summed E-state index contributed by atoms with van der Waals surface area (Å²) in [5, 5.41) is 2.07. The van der Waals surface area contributed by atoms with Gasteiger partial charge in [0.25, 0.3) is 0 Å². The predicted molar refractivity (Wildman–Crippen MR) is 59.5 cm³/mol. The van der Waals surface area contributed by atoms with Gasteiger partial charge in [-0.15, -0.1) is 0 Å². The lowest BCUT2D eigenvalue weighted by Gasteiger charge is -2.08. The fourth-order valence-electron chi connectivity index (χ4n) is 1.51. The van der Waals surface area contributed by atoms with Gasteiger partial charge in [-0.05, 0) is 17.7 Å². The largest absolute Gasteiger partial charge is 0.115 e. The van der Waals surface area contributed by atoms with Crippen LogP contribution in [0.4, 0.5) is 0 Å². The molecular weight excluding hydrogens is 154 g/mol. The minimum Gasteiger partial charge on any atom is -0.0890 e. The molecule has 0 aromatic heterocycles. The van der Waals surface area contributed by atoms with Gasteiger partial charge in [0.05, 0.1) is 0 Å². The zero-order chi connectivity index (χ0) is 9.42. The lowest BCUT2D eigenvalue weighted by Crippen LogP contribution is -2.13. The first kappa shape index (κ1) is 8.43. The van der Waals surface area contributed by atoms with E-state index in [4.69, 9.17) is 15.7 Å². The maximum atomic E-state index is 5.93. The van der Waals surface area contributed by atoms with Crippen LogP contribution in [0.15, 0.2) is 30.3 Å². The molecule has 0 atom stereocenters. The Labute approximate surface area is 80.8 Å². The lowest BCUT2D eigenvalue weighted by molar-refractivity contribution is 1.55. The minimum absolute atomic E-state index is 0.782. The van der Waals surface area contributed by atoms with Crippen LogP contribution in [-0.4, -0.2) is 15.7 Å². The molecule has 0 aliphatic rings. The molecule has 4 radical (unpaired) electrons. The maximum Gasteiger partial charge on any atom is 0.115 e. The number of hydrogen-bond acceptors (Lipinski definition) is 0. The molecule has 2 heteroatoms. The van der Waals surface area contributed by atoms with Gasteiger partial charge in [-0.3, -0.25) is 0 Å². The Bertz CT molecular complexity index is 461. The van der Waals surface area contributed by atoms with E-state index in [1.165, 1.54) is 0 Å². The first-order valence-corrected chi connectivity index (χ1v) is 4.23. The third-order valence-electron chi connectivity index (χ3n) is 2.35. The second-order valence-electron chi connectivity index (χ2n) is 3.24. The summed E-state index contributed by atoms with van der Waals surface area (Å²) in [7, 11) is 11.8. The van der Waals surface area contributed by atoms with Crippen molar-refractivity contribution in [1.29, 1.82) is 0 Å². The van der Waals surface area contributed by atoms with Crippen LogP contribution < -0.4 is 10.9 Å². The van der Waals surface area contributed by atoms with Gasteiger partial charge in [0.1, 0.15) is 15.7 Å². The van der Waals surface area contributed by atoms with Crippen molar-refractivity contribution in [3.63, 3.8) is 0 Å². The fraction of sp³-hybridized carbons (Fsp3) is 0.0909. The van der Waals surface area contributed by atoms with Crippen molar-refractivity contribution in [3.05, 3.63) is 35.9 Å². The Balaban J connectivity index is 2.94. The van der Waals surface area contributed by atoms with Gasteiger partial charge >= 0.3 is 0 Å². The number of benzene rings is 2. The van der Waals surface area contributed by atoms with E-state index >= 15 is 0 Å². The van der Waals surface area contributed by atoms with Gasteiger partial charge in [-0.2, -0.15) is 0 Å². The SMILES string of the molecule is [B]c1cccc2c([B])c(C)ccc12. The van der Waals surface area contributed by atoms with E-state index in [0.717, 1.165) is 27.3 Å². The van der Waals surface area contributed by atoms with Gasteiger partial charge in [0, 0.05) is 0 Å². The molecule has 0 saturated heterocycles. The normalized spacial score (nSPS) is 10.5. The third-order valence-corrected chi connectivity index (χ3v) is 2.35. The average molecular weight is 162 g/mol. The molecule has 0 N–H and O–H groups in total. The molecule has 2 aromatic rings. The van der Waals surface area contributed by atoms with Gasteiger partial charge in [0.15, 0.2) is 0 Å². The number of fused-ring (bicyclic) bond motifs is 1. The van der Waals surface area contributed by atoms with Crippen LogP contribution in [0.1, 0.15) is 5.56 Å². The fourth-order valence-corrected chi connectivity index (χ4v) is 1.51. The van der Waals surface area contributed by atoms with Crippen LogP contribution in [0.25, 0.3) is 10.8 Å². The Morgan fingerprint density at radius 3 is 2.46 bits per heavy atom. The third kappa shape index (κ3) is 1.27. The second-order valence-corrected chi connectivity index (χ2v) is 3.24. The van der Waals surface area contributed by atoms with E-state index in [1.54, 1.807) is 0 Å². The second kappa shape index (κ2) is 2.95. The minimum atomic E-state index is 0.782. The highest BCUT2D eigenvalue weighted by Crippen LogP contribution is 2.09. The lowest BCUT2D eigenvalue weighted by atomic mass is 9.81. The quantitative estimate of drug-likeness (QED) is 0.501. The molecule has 0 aliphatic carbocycles. The van der Waals surface area contributed by atoms with Crippen molar-refractivity contribution in [2.75, 3.05) is 0 Å². The number of rotatable bonds is 0. The molecule has 0 amide bonds. The molecule has 0 unspecified atom stereocenters. The van der Waals surface area contributed by atoms with Crippen LogP contribution in [0.3, 0.4) is 0 Å². The van der Waals surface area contributed by atoms with Crippen molar-refractivity contribution in [1.82, 2.24) is 0 Å². The van der Waals surface area contributed by atoms with E-state index in [0.29, 0.717) is 0 Å². The van der Waals surface area contributed by atoms with Gasteiger partial charge < -0.3 is 0 Å². The van der Waals surface area contributed by atoms with Crippen molar-refractivity contribution in [2.45, 2.75) is 6.92 Å². The first-order valence-electron chi connectivity index (χ1n) is 4.23. The highest BCUT2D eigenvalue weighted by Gasteiger charge is 2.00. The Kier molecular flexibility index (Phi) is 1.91. The van der Waals surface area contributed by atoms with E-state index in [1.807, 2.05) is 37.3 Å². The Hall–Kier alpha value is -1.17. The molecule has 0 spiro atoms. The monoisotopic (exact) mass is 162 g/mol. The maximum absolute atomic E-state index is 5.93. The summed E-state index contributed by atoms with van der Waals surface area (Å²) in [5.74, 6) is 0. The van der Waals surface area contributed by atoms with E-state index < -0.39 is 0 Å². The molecule has 58 valence electrons. The van der Waals surface area contributed by atoms with E-state index in [2.05, 4.69) is 0 Å². The standard InChI is InChI=1S/C11H8B2/c1-7-5-6-8-9(11(7)13)3-2-4-10(8)12/h2-6H,1H3. The van der Waals surface area contributed by atoms with Crippen molar-refractivity contribution >= 4 is 37.4 Å². The zero-order valence-corrected chi connectivity index (χ0v) is 7.54. The molecular formula is C11H8B2. The van der Waals surface area contributed by atoms with E-state index in [-0.39, 0.29) is 0 Å². The summed E-state index contributed by atoms with van der Waals surface area (Å²) in [6.45, 7) is 2.00. The van der Waals surface area contributed by atoms with Crippen LogP contribution in [0.2, 0.25) is 0 Å². The van der Waals surface area contributed by atoms with Crippen molar-refractivity contribution in [2.24, 2.45) is 0 Å². The summed E-state index contributed by atoms with van der Waals surface area (Å²) >= 11 is 0. The molecule has 0 aliphatic heterocycles. The van der Waals surface area contributed by atoms with Gasteiger partial charge in [-0.1, -0.05) is 46.8 Å². The molecule has 0 saturated carbocycles. The van der Waals surface area contributed by atoms with Gasteiger partial charge in [-0.25, -0.2) is 0 Å². The van der Waals surface area contributed by atoms with Gasteiger partial charge in [0.2, 0.25) is 0 Å². The summed E-state index contributed by atoms with van der Waals surface area (Å²) in [6, 6.07) is 9.81. The highest BCUT2D eigenvalue weighted by atomic mass is 14.0. The highest BCUT2D eigenvalue weighted by molar-refractivity contribution is 6.44. The van der Waals surface area contributed by atoms with Crippen LogP contribution in [-0.2, 0) is 0 Å². The zero-order valence-electron chi connectivity index (χ0n) is 7.54. The molecule has 0 fully saturated rings. The van der Waals surface area contributed by atoms with Crippen LogP contribution in [0, 0.1) is 6.92 Å². The predicted octanol–water partition coefficient (Wildman–Crippen LogP) is 0.736. The Morgan fingerprint density at radius 2 is 1.69 bits per heavy atom. The number of hydrogen-bond donors (Lipinski definition) is 0. The summed E-state index contributed by atoms with van der Waals surface area (Å²) in [4.78, 5) is 0. The van der Waals surface area contributed by atoms with Crippen molar-refractivity contribution in [3.8, 4) is 0 Å². The van der Waals surface area contributed by atoms with Crippen LogP contribution >= 0.6 is 0 Å². The van der Waals surface area contributed by atoms with Crippen LogP contribution in [0.5, 0.6) is 0 Å². The summed E-state index contributed by atoms with van der Waals surface area (Å²) < 4.78 is 0. The summed E-state index contributed by atoms with van der Waals surface area (Å²) in [6.07, 6.45) is 0. The molecule has 0 heterocycles. The average Bonchev–Trinajstić information content (AvgIpc) is 2.12. The topological polar surface area (TPSA) is 0 Å².